The third kappa shape index (κ3) is 3.42. The highest BCUT2D eigenvalue weighted by Gasteiger charge is 2.34. The zero-order valence-corrected chi connectivity index (χ0v) is 15.7. The first-order valence-electron chi connectivity index (χ1n) is 8.06. The maximum Gasteiger partial charge on any atom is 0.232 e. The number of hydrogen-bond donors (Lipinski definition) is 2. The monoisotopic (exact) mass is 375 g/mol. The van der Waals surface area contributed by atoms with Gasteiger partial charge < -0.3 is 19.5 Å². The predicted molar refractivity (Wildman–Crippen MR) is 101 cm³/mol. The Bertz CT molecular complexity index is 804. The molecular weight excluding hydrogens is 354 g/mol. The van der Waals surface area contributed by atoms with Gasteiger partial charge in [-0.3, -0.25) is 15.1 Å². The van der Waals surface area contributed by atoms with E-state index < -0.39 is 0 Å². The van der Waals surface area contributed by atoms with Crippen molar-refractivity contribution in [3.05, 3.63) is 39.8 Å². The van der Waals surface area contributed by atoms with Gasteiger partial charge in [0.1, 0.15) is 5.84 Å². The van der Waals surface area contributed by atoms with Gasteiger partial charge in [-0.15, -0.1) is 0 Å². The molecule has 0 unspecified atom stereocenters. The molecule has 1 aromatic rings. The summed E-state index contributed by atoms with van der Waals surface area (Å²) in [7, 11) is 4.78. The molecule has 2 aliphatic rings. The Morgan fingerprint density at radius 1 is 1.23 bits per heavy atom. The number of amides is 1. The first kappa shape index (κ1) is 18.3. The third-order valence-corrected chi connectivity index (χ3v) is 5.15. The van der Waals surface area contributed by atoms with Gasteiger partial charge in [0.05, 0.1) is 44.5 Å². The van der Waals surface area contributed by atoms with E-state index in [1.807, 2.05) is 23.6 Å². The molecule has 2 aliphatic heterocycles. The number of carbonyl (C=O) groups is 1. The van der Waals surface area contributed by atoms with E-state index in [2.05, 4.69) is 5.32 Å². The van der Waals surface area contributed by atoms with Gasteiger partial charge in [-0.25, -0.2) is 0 Å². The van der Waals surface area contributed by atoms with Crippen molar-refractivity contribution >= 4 is 29.2 Å². The summed E-state index contributed by atoms with van der Waals surface area (Å²) in [5.41, 5.74) is 2.55. The quantitative estimate of drug-likeness (QED) is 0.794. The van der Waals surface area contributed by atoms with Crippen molar-refractivity contribution in [3.8, 4) is 11.5 Å². The second-order valence-corrected chi connectivity index (χ2v) is 6.60. The Labute approximate surface area is 156 Å². The lowest BCUT2D eigenvalue weighted by Gasteiger charge is -2.15. The number of benzene rings is 1. The van der Waals surface area contributed by atoms with Crippen molar-refractivity contribution in [1.82, 2.24) is 10.2 Å². The van der Waals surface area contributed by atoms with Crippen LogP contribution >= 0.6 is 11.8 Å². The normalized spacial score (nSPS) is 19.7. The average molecular weight is 375 g/mol. The van der Waals surface area contributed by atoms with Crippen LogP contribution in [0.1, 0.15) is 12.0 Å². The van der Waals surface area contributed by atoms with Crippen LogP contribution in [-0.4, -0.2) is 51.1 Å². The molecule has 7 nitrogen and oxygen atoms in total. The summed E-state index contributed by atoms with van der Waals surface area (Å²) >= 11 is 1.48. The van der Waals surface area contributed by atoms with Crippen molar-refractivity contribution < 1.29 is 19.0 Å². The molecule has 2 N–H and O–H groups in total. The Hall–Kier alpha value is -2.45. The molecule has 0 spiro atoms. The van der Waals surface area contributed by atoms with E-state index in [-0.39, 0.29) is 18.2 Å². The topological polar surface area (TPSA) is 83.9 Å². The molecule has 8 heteroatoms. The van der Waals surface area contributed by atoms with Gasteiger partial charge in [0.25, 0.3) is 0 Å². The zero-order valence-electron chi connectivity index (χ0n) is 14.9. The second kappa shape index (κ2) is 7.84. The minimum Gasteiger partial charge on any atom is -0.493 e. The summed E-state index contributed by atoms with van der Waals surface area (Å²) in [6.45, 7) is 0.804. The SMILES string of the molecule is COCCN1C(=N)C(=C2NC(c3ccc(OC)c(OC)c3)=CS2)CC1=O. The highest BCUT2D eigenvalue weighted by atomic mass is 32.2. The van der Waals surface area contributed by atoms with Crippen molar-refractivity contribution in [1.29, 1.82) is 5.41 Å². The van der Waals surface area contributed by atoms with Crippen LogP contribution in [0.5, 0.6) is 11.5 Å². The van der Waals surface area contributed by atoms with E-state index in [4.69, 9.17) is 19.6 Å². The van der Waals surface area contributed by atoms with Gasteiger partial charge in [-0.2, -0.15) is 0 Å². The Kier molecular flexibility index (Phi) is 5.53. The largest absolute Gasteiger partial charge is 0.493 e. The van der Waals surface area contributed by atoms with Crippen LogP contribution in [0.4, 0.5) is 0 Å². The molecule has 0 radical (unpaired) electrons. The highest BCUT2D eigenvalue weighted by molar-refractivity contribution is 8.06. The lowest BCUT2D eigenvalue weighted by molar-refractivity contribution is -0.125. The van der Waals surface area contributed by atoms with Crippen LogP contribution in [0.3, 0.4) is 0 Å². The lowest BCUT2D eigenvalue weighted by atomic mass is 10.1. The lowest BCUT2D eigenvalue weighted by Crippen LogP contribution is -2.32. The Morgan fingerprint density at radius 2 is 2.00 bits per heavy atom. The van der Waals surface area contributed by atoms with Crippen molar-refractivity contribution in [2.75, 3.05) is 34.5 Å². The smallest absolute Gasteiger partial charge is 0.232 e. The van der Waals surface area contributed by atoms with E-state index in [9.17, 15) is 4.79 Å². The molecule has 0 aromatic heterocycles. The number of thioether (sulfide) groups is 1. The third-order valence-electron chi connectivity index (χ3n) is 4.22. The standard InChI is InChI=1S/C18H21N3O4S/c1-23-7-6-21-16(22)9-12(17(21)19)18-20-13(10-26-18)11-4-5-14(24-2)15(8-11)25-3/h4-5,8,10,19-20H,6-7,9H2,1-3H3. The fourth-order valence-corrected chi connectivity index (χ4v) is 3.73. The molecule has 1 fully saturated rings. The molecular formula is C18H21N3O4S. The number of likely N-dealkylation sites (tertiary alicyclic amines) is 1. The van der Waals surface area contributed by atoms with Gasteiger partial charge in [0.2, 0.25) is 5.91 Å². The highest BCUT2D eigenvalue weighted by Crippen LogP contribution is 2.37. The van der Waals surface area contributed by atoms with Crippen LogP contribution in [0, 0.1) is 5.41 Å². The minimum atomic E-state index is -0.0727. The maximum atomic E-state index is 12.2. The summed E-state index contributed by atoms with van der Waals surface area (Å²) < 4.78 is 15.6. The summed E-state index contributed by atoms with van der Waals surface area (Å²) in [6, 6.07) is 5.67. The van der Waals surface area contributed by atoms with Crippen molar-refractivity contribution in [2.24, 2.45) is 0 Å². The maximum absolute atomic E-state index is 12.2. The van der Waals surface area contributed by atoms with E-state index in [0.29, 0.717) is 30.2 Å². The molecule has 138 valence electrons. The number of amidine groups is 1. The summed E-state index contributed by atoms with van der Waals surface area (Å²) in [5.74, 6) is 1.48. The summed E-state index contributed by atoms with van der Waals surface area (Å²) in [5, 5.41) is 14.4. The van der Waals surface area contributed by atoms with Gasteiger partial charge in [-0.05, 0) is 18.2 Å². The van der Waals surface area contributed by atoms with Crippen molar-refractivity contribution in [3.63, 3.8) is 0 Å². The van der Waals surface area contributed by atoms with Gasteiger partial charge in [0, 0.05) is 23.7 Å². The number of hydrogen-bond acceptors (Lipinski definition) is 7. The van der Waals surface area contributed by atoms with Gasteiger partial charge >= 0.3 is 0 Å². The van der Waals surface area contributed by atoms with E-state index >= 15 is 0 Å². The Balaban J connectivity index is 1.79. The minimum absolute atomic E-state index is 0.0727. The molecule has 3 rings (SSSR count). The van der Waals surface area contributed by atoms with Crippen LogP contribution in [0.2, 0.25) is 0 Å². The van der Waals surface area contributed by atoms with E-state index in [1.54, 1.807) is 21.3 Å². The zero-order chi connectivity index (χ0) is 18.7. The van der Waals surface area contributed by atoms with E-state index in [1.165, 1.54) is 16.7 Å². The molecule has 26 heavy (non-hydrogen) atoms. The van der Waals surface area contributed by atoms with Crippen molar-refractivity contribution in [2.45, 2.75) is 6.42 Å². The summed E-state index contributed by atoms with van der Waals surface area (Å²) in [6.07, 6.45) is 0.227. The van der Waals surface area contributed by atoms with Crippen LogP contribution in [0.25, 0.3) is 5.70 Å². The fourth-order valence-electron chi connectivity index (χ4n) is 2.81. The average Bonchev–Trinajstić information content (AvgIpc) is 3.24. The van der Waals surface area contributed by atoms with Gasteiger partial charge in [0.15, 0.2) is 11.5 Å². The van der Waals surface area contributed by atoms with Crippen LogP contribution in [0.15, 0.2) is 34.2 Å². The number of nitrogens with zero attached hydrogens (tertiary/aromatic N) is 1. The molecule has 1 aromatic carbocycles. The molecule has 2 heterocycles. The molecule has 1 saturated heterocycles. The number of ether oxygens (including phenoxy) is 3. The van der Waals surface area contributed by atoms with E-state index in [0.717, 1.165) is 16.3 Å². The number of rotatable bonds is 6. The van der Waals surface area contributed by atoms with Crippen LogP contribution < -0.4 is 14.8 Å². The second-order valence-electron chi connectivity index (χ2n) is 5.72. The number of carbonyl (C=O) groups excluding carboxylic acids is 1. The molecule has 0 bridgehead atoms. The first-order chi connectivity index (χ1) is 12.6. The predicted octanol–water partition coefficient (Wildman–Crippen LogP) is 2.41. The first-order valence-corrected chi connectivity index (χ1v) is 8.94. The van der Waals surface area contributed by atoms with Crippen LogP contribution in [-0.2, 0) is 9.53 Å². The summed E-state index contributed by atoms with van der Waals surface area (Å²) in [4.78, 5) is 13.6. The fraction of sp³-hybridized carbons (Fsp3) is 0.333. The molecule has 0 saturated carbocycles. The number of methoxy groups -OCH3 is 3. The number of nitrogens with one attached hydrogen (secondary N) is 2. The Morgan fingerprint density at radius 3 is 2.69 bits per heavy atom. The molecule has 0 aliphatic carbocycles. The molecule has 0 atom stereocenters. The molecule has 1 amide bonds. The van der Waals surface area contributed by atoms with Gasteiger partial charge in [-0.1, -0.05) is 11.8 Å².